The van der Waals surface area contributed by atoms with Crippen LogP contribution in [-0.2, 0) is 0 Å². The van der Waals surface area contributed by atoms with E-state index in [1.165, 1.54) is 51.4 Å². The highest BCUT2D eigenvalue weighted by atomic mass is 16.7. The maximum Gasteiger partial charge on any atom is 0.433 e. The molecule has 1 amide bonds. The topological polar surface area (TPSA) is 76.1 Å². The summed E-state index contributed by atoms with van der Waals surface area (Å²) in [7, 11) is 0. The summed E-state index contributed by atoms with van der Waals surface area (Å²) in [6, 6.07) is 7.04. The number of unbranched alkanes of at least 4 members (excludes halogenated alkanes) is 9. The van der Waals surface area contributed by atoms with Gasteiger partial charge < -0.3 is 5.32 Å². The number of para-hydroxylation sites is 1. The van der Waals surface area contributed by atoms with Crippen molar-refractivity contribution in [3.8, 4) is 0 Å². The number of rotatable bonds is 12. The molecule has 0 atom stereocenters. The number of hydrogen-bond acceptors (Lipinski definition) is 3. The first-order valence-corrected chi connectivity index (χ1v) is 9.88. The molecule has 144 valence electrons. The van der Waals surface area contributed by atoms with E-state index in [-0.39, 0.29) is 5.56 Å². The fraction of sp³-hybridized carbons (Fsp3) is 0.600. The van der Waals surface area contributed by atoms with Gasteiger partial charge in [0.05, 0.1) is 10.9 Å². The van der Waals surface area contributed by atoms with Crippen molar-refractivity contribution in [3.05, 3.63) is 34.6 Å². The van der Waals surface area contributed by atoms with E-state index in [9.17, 15) is 9.59 Å². The third kappa shape index (κ3) is 6.58. The third-order valence-corrected chi connectivity index (χ3v) is 4.54. The zero-order valence-electron chi connectivity index (χ0n) is 15.8. The number of nitrogens with one attached hydrogen (secondary N) is 2. The van der Waals surface area contributed by atoms with Crippen LogP contribution in [0.3, 0.4) is 0 Å². The minimum Gasteiger partial charge on any atom is -0.320 e. The molecule has 0 aliphatic carbocycles. The summed E-state index contributed by atoms with van der Waals surface area (Å²) >= 11 is 0. The Balaban J connectivity index is 1.54. The van der Waals surface area contributed by atoms with Gasteiger partial charge in [0.2, 0.25) is 0 Å². The number of benzene rings is 1. The van der Waals surface area contributed by atoms with Gasteiger partial charge in [-0.05, 0) is 18.6 Å². The van der Waals surface area contributed by atoms with Crippen molar-refractivity contribution < 1.29 is 9.63 Å². The van der Waals surface area contributed by atoms with Crippen LogP contribution >= 0.6 is 0 Å². The van der Waals surface area contributed by atoms with Gasteiger partial charge >= 0.3 is 11.7 Å². The van der Waals surface area contributed by atoms with Gasteiger partial charge in [0.25, 0.3) is 0 Å². The minimum atomic E-state index is -0.616. The number of amides is 1. The molecule has 0 saturated carbocycles. The lowest BCUT2D eigenvalue weighted by Gasteiger charge is -2.05. The Bertz CT molecular complexity index is 720. The van der Waals surface area contributed by atoms with Gasteiger partial charge in [0, 0.05) is 6.54 Å². The lowest BCUT2D eigenvalue weighted by Crippen LogP contribution is -2.37. The first kappa shape index (κ1) is 20.1. The fourth-order valence-corrected chi connectivity index (χ4v) is 3.02. The summed E-state index contributed by atoms with van der Waals surface area (Å²) in [4.78, 5) is 29.7. The van der Waals surface area contributed by atoms with Crippen LogP contribution in [0.1, 0.15) is 71.1 Å². The standard InChI is InChI=1S/C20H31N3O3/c1-2-3-4-5-6-7-8-9-10-13-16-21-20(25)26-23-19(24)17-14-11-12-15-18(17)22-23/h11-12,14-15,22H,2-10,13,16H2,1H3,(H,21,25). The molecule has 0 bridgehead atoms. The van der Waals surface area contributed by atoms with Crippen LogP contribution < -0.4 is 15.7 Å². The van der Waals surface area contributed by atoms with E-state index < -0.39 is 6.09 Å². The van der Waals surface area contributed by atoms with Crippen molar-refractivity contribution in [2.24, 2.45) is 0 Å². The molecule has 6 heteroatoms. The lowest BCUT2D eigenvalue weighted by atomic mass is 10.1. The smallest absolute Gasteiger partial charge is 0.320 e. The molecule has 1 aromatic heterocycles. The van der Waals surface area contributed by atoms with Crippen molar-refractivity contribution in [3.63, 3.8) is 0 Å². The number of hydrogen-bond donors (Lipinski definition) is 2. The monoisotopic (exact) mass is 361 g/mol. The van der Waals surface area contributed by atoms with Crippen LogP contribution in [-0.4, -0.2) is 22.6 Å². The predicted molar refractivity (Wildman–Crippen MR) is 104 cm³/mol. The maximum atomic E-state index is 12.1. The fourth-order valence-electron chi connectivity index (χ4n) is 3.02. The van der Waals surface area contributed by atoms with Crippen molar-refractivity contribution in [2.75, 3.05) is 6.54 Å². The highest BCUT2D eigenvalue weighted by Crippen LogP contribution is 2.10. The van der Waals surface area contributed by atoms with Gasteiger partial charge in [-0.25, -0.2) is 4.79 Å². The molecule has 1 aromatic carbocycles. The van der Waals surface area contributed by atoms with Gasteiger partial charge in [-0.15, -0.1) is 0 Å². The molecule has 2 N–H and O–H groups in total. The Labute approximate surface area is 154 Å². The van der Waals surface area contributed by atoms with E-state index in [0.29, 0.717) is 17.4 Å². The van der Waals surface area contributed by atoms with Crippen LogP contribution in [0.2, 0.25) is 0 Å². The van der Waals surface area contributed by atoms with Crippen molar-refractivity contribution in [2.45, 2.75) is 71.1 Å². The molecule has 0 unspecified atom stereocenters. The molecule has 2 aromatic rings. The molecule has 0 aliphatic rings. The molecule has 1 heterocycles. The Hall–Kier alpha value is -2.24. The lowest BCUT2D eigenvalue weighted by molar-refractivity contribution is 0.112. The normalized spacial score (nSPS) is 11.0. The second kappa shape index (κ2) is 11.4. The number of H-pyrrole nitrogens is 1. The van der Waals surface area contributed by atoms with Crippen molar-refractivity contribution >= 4 is 17.0 Å². The van der Waals surface area contributed by atoms with Crippen LogP contribution in [0.25, 0.3) is 10.9 Å². The minimum absolute atomic E-state index is 0.366. The van der Waals surface area contributed by atoms with Crippen LogP contribution in [0.5, 0.6) is 0 Å². The molecule has 26 heavy (non-hydrogen) atoms. The first-order chi connectivity index (χ1) is 12.7. The molecule has 0 radical (unpaired) electrons. The zero-order chi connectivity index (χ0) is 18.6. The first-order valence-electron chi connectivity index (χ1n) is 9.88. The maximum absolute atomic E-state index is 12.1. The Morgan fingerprint density at radius 1 is 1.00 bits per heavy atom. The number of nitrogens with zero attached hydrogens (tertiary/aromatic N) is 1. The number of carbonyl (C=O) groups excluding carboxylic acids is 1. The zero-order valence-corrected chi connectivity index (χ0v) is 15.8. The molecule has 0 aliphatic heterocycles. The summed E-state index contributed by atoms with van der Waals surface area (Å²) in [5, 5.41) is 5.94. The summed E-state index contributed by atoms with van der Waals surface area (Å²) < 4.78 is 0. The number of fused-ring (bicyclic) bond motifs is 1. The largest absolute Gasteiger partial charge is 0.433 e. The van der Waals surface area contributed by atoms with E-state index in [2.05, 4.69) is 17.3 Å². The summed E-state index contributed by atoms with van der Waals surface area (Å²) in [6.45, 7) is 2.80. The van der Waals surface area contributed by atoms with Gasteiger partial charge in [-0.1, -0.05) is 81.7 Å². The molecule has 6 nitrogen and oxygen atoms in total. The van der Waals surface area contributed by atoms with E-state index in [1.54, 1.807) is 18.2 Å². The molecule has 0 spiro atoms. The Kier molecular flexibility index (Phi) is 8.79. The van der Waals surface area contributed by atoms with Gasteiger partial charge in [-0.2, -0.15) is 0 Å². The summed E-state index contributed by atoms with van der Waals surface area (Å²) in [5.41, 5.74) is 0.273. The number of carbonyl (C=O) groups is 1. The van der Waals surface area contributed by atoms with Crippen LogP contribution in [0, 0.1) is 0 Å². The molecule has 2 rings (SSSR count). The average Bonchev–Trinajstić information content (AvgIpc) is 2.95. The van der Waals surface area contributed by atoms with Gasteiger partial charge in [-0.3, -0.25) is 14.7 Å². The third-order valence-electron chi connectivity index (χ3n) is 4.54. The Morgan fingerprint density at radius 3 is 2.27 bits per heavy atom. The summed E-state index contributed by atoms with van der Waals surface area (Å²) in [5.74, 6) is 0. The van der Waals surface area contributed by atoms with E-state index in [0.717, 1.165) is 17.7 Å². The van der Waals surface area contributed by atoms with E-state index in [4.69, 9.17) is 4.84 Å². The van der Waals surface area contributed by atoms with Crippen LogP contribution in [0.15, 0.2) is 29.1 Å². The second-order valence-corrected chi connectivity index (χ2v) is 6.74. The molecular weight excluding hydrogens is 330 g/mol. The summed E-state index contributed by atoms with van der Waals surface area (Å²) in [6.07, 6.45) is 11.9. The molecule has 0 saturated heterocycles. The number of aromatic nitrogens is 2. The highest BCUT2D eigenvalue weighted by Gasteiger charge is 2.10. The second-order valence-electron chi connectivity index (χ2n) is 6.74. The van der Waals surface area contributed by atoms with Gasteiger partial charge in [0.15, 0.2) is 0 Å². The van der Waals surface area contributed by atoms with Crippen molar-refractivity contribution in [1.82, 2.24) is 15.3 Å². The molecule has 0 fully saturated rings. The van der Waals surface area contributed by atoms with Gasteiger partial charge in [0.1, 0.15) is 0 Å². The predicted octanol–water partition coefficient (Wildman–Crippen LogP) is 4.39. The van der Waals surface area contributed by atoms with Crippen molar-refractivity contribution in [1.29, 1.82) is 0 Å². The number of aromatic amines is 1. The quantitative estimate of drug-likeness (QED) is 0.551. The average molecular weight is 361 g/mol. The van der Waals surface area contributed by atoms with Crippen LogP contribution in [0.4, 0.5) is 4.79 Å². The molecular formula is C20H31N3O3. The highest BCUT2D eigenvalue weighted by molar-refractivity contribution is 5.77. The van der Waals surface area contributed by atoms with E-state index >= 15 is 0 Å². The SMILES string of the molecule is CCCCCCCCCCCCNC(=O)On1[nH]c2ccccc2c1=O. The van der Waals surface area contributed by atoms with E-state index in [1.807, 2.05) is 6.07 Å². The Morgan fingerprint density at radius 2 is 1.62 bits per heavy atom.